The topological polar surface area (TPSA) is 101 Å². The standard InChI is InChI=1S/C18H17FN6O2S/c19-13-3-5-14(6-4-13)28(26,27)25-9-1-2-16(25)15-10-21-12-18(23-15)24-17-11-20-7-8-22-17/h3-8,10-12,16H,1-2,9H2,(H,22,23,24)/t16-/m0/s1. The van der Waals surface area contributed by atoms with Gasteiger partial charge in [-0.25, -0.2) is 22.8 Å². The van der Waals surface area contributed by atoms with Crippen LogP contribution in [0.4, 0.5) is 16.0 Å². The average molecular weight is 400 g/mol. The molecule has 4 rings (SSSR count). The minimum atomic E-state index is -3.77. The Bertz CT molecular complexity index is 1060. The maximum absolute atomic E-state index is 13.2. The van der Waals surface area contributed by atoms with Crippen molar-refractivity contribution in [2.24, 2.45) is 0 Å². The normalized spacial score (nSPS) is 17.5. The minimum absolute atomic E-state index is 0.0580. The molecule has 10 heteroatoms. The van der Waals surface area contributed by atoms with Gasteiger partial charge in [-0.15, -0.1) is 0 Å². The molecule has 8 nitrogen and oxygen atoms in total. The van der Waals surface area contributed by atoms with E-state index in [-0.39, 0.29) is 4.90 Å². The van der Waals surface area contributed by atoms with Gasteiger partial charge in [-0.3, -0.25) is 9.97 Å². The molecule has 1 N–H and O–H groups in total. The van der Waals surface area contributed by atoms with Gasteiger partial charge in [-0.2, -0.15) is 4.31 Å². The maximum atomic E-state index is 13.2. The molecule has 0 spiro atoms. The van der Waals surface area contributed by atoms with Crippen molar-refractivity contribution < 1.29 is 12.8 Å². The number of hydrogen-bond acceptors (Lipinski definition) is 7. The van der Waals surface area contributed by atoms with E-state index in [1.165, 1.54) is 22.6 Å². The van der Waals surface area contributed by atoms with Gasteiger partial charge >= 0.3 is 0 Å². The van der Waals surface area contributed by atoms with Crippen molar-refractivity contribution in [2.75, 3.05) is 11.9 Å². The van der Waals surface area contributed by atoms with Crippen LogP contribution in [0.3, 0.4) is 0 Å². The van der Waals surface area contributed by atoms with Crippen molar-refractivity contribution in [2.45, 2.75) is 23.8 Å². The average Bonchev–Trinajstić information content (AvgIpc) is 3.20. The number of aromatic nitrogens is 4. The largest absolute Gasteiger partial charge is 0.322 e. The monoisotopic (exact) mass is 400 g/mol. The second kappa shape index (κ2) is 7.56. The molecule has 1 saturated heterocycles. The zero-order chi connectivity index (χ0) is 19.6. The van der Waals surface area contributed by atoms with Crippen molar-refractivity contribution >= 4 is 21.7 Å². The van der Waals surface area contributed by atoms with Gasteiger partial charge in [0.15, 0.2) is 0 Å². The Balaban J connectivity index is 1.61. The van der Waals surface area contributed by atoms with Gasteiger partial charge in [0.05, 0.1) is 35.2 Å². The lowest BCUT2D eigenvalue weighted by Crippen LogP contribution is -2.31. The summed E-state index contributed by atoms with van der Waals surface area (Å²) in [7, 11) is -3.77. The molecule has 0 saturated carbocycles. The summed E-state index contributed by atoms with van der Waals surface area (Å²) in [5.74, 6) is 0.478. The molecular formula is C18H17FN6O2S. The van der Waals surface area contributed by atoms with E-state index in [2.05, 4.69) is 25.3 Å². The van der Waals surface area contributed by atoms with Gasteiger partial charge in [-0.1, -0.05) is 0 Å². The molecule has 1 atom stereocenters. The predicted molar refractivity (Wildman–Crippen MR) is 99.6 cm³/mol. The van der Waals surface area contributed by atoms with Gasteiger partial charge in [-0.05, 0) is 37.1 Å². The number of anilines is 2. The van der Waals surface area contributed by atoms with Crippen LogP contribution in [-0.4, -0.2) is 39.2 Å². The SMILES string of the molecule is O=S(=O)(c1ccc(F)cc1)N1CCC[C@H]1c1cncc(Nc2cnccn2)n1. The van der Waals surface area contributed by atoms with Crippen molar-refractivity contribution in [3.05, 3.63) is 66.8 Å². The predicted octanol–water partition coefficient (Wildman–Crippen LogP) is 2.68. The third-order valence-electron chi connectivity index (χ3n) is 4.44. The zero-order valence-corrected chi connectivity index (χ0v) is 15.6. The highest BCUT2D eigenvalue weighted by atomic mass is 32.2. The van der Waals surface area contributed by atoms with Crippen LogP contribution in [0.25, 0.3) is 0 Å². The summed E-state index contributed by atoms with van der Waals surface area (Å²) in [6.45, 7) is 0.369. The number of rotatable bonds is 5. The second-order valence-corrected chi connectivity index (χ2v) is 8.16. The Morgan fingerprint density at radius 3 is 2.57 bits per heavy atom. The molecule has 144 valence electrons. The third-order valence-corrected chi connectivity index (χ3v) is 6.36. The van der Waals surface area contributed by atoms with E-state index in [1.807, 2.05) is 0 Å². The molecule has 1 fully saturated rings. The number of halogens is 1. The van der Waals surface area contributed by atoms with Gasteiger partial charge in [0.2, 0.25) is 10.0 Å². The fourth-order valence-electron chi connectivity index (χ4n) is 3.16. The first kappa shape index (κ1) is 18.4. The fourth-order valence-corrected chi connectivity index (χ4v) is 4.83. The zero-order valence-electron chi connectivity index (χ0n) is 14.7. The highest BCUT2D eigenvalue weighted by molar-refractivity contribution is 7.89. The van der Waals surface area contributed by atoms with Gasteiger partial charge in [0.25, 0.3) is 0 Å². The van der Waals surface area contributed by atoms with E-state index in [0.717, 1.165) is 12.1 Å². The molecule has 0 bridgehead atoms. The third kappa shape index (κ3) is 3.69. The molecule has 0 amide bonds. The molecule has 0 aliphatic carbocycles. The number of nitrogens with zero attached hydrogens (tertiary/aromatic N) is 5. The quantitative estimate of drug-likeness (QED) is 0.703. The molecule has 0 radical (unpaired) electrons. The maximum Gasteiger partial charge on any atom is 0.243 e. The first-order valence-corrected chi connectivity index (χ1v) is 10.1. The van der Waals surface area contributed by atoms with E-state index < -0.39 is 21.9 Å². The number of nitrogens with one attached hydrogen (secondary N) is 1. The highest BCUT2D eigenvalue weighted by Gasteiger charge is 2.37. The Kier molecular flexibility index (Phi) is 4.97. The van der Waals surface area contributed by atoms with E-state index >= 15 is 0 Å². The van der Waals surface area contributed by atoms with Gasteiger partial charge in [0.1, 0.15) is 17.5 Å². The van der Waals surface area contributed by atoms with E-state index in [1.54, 1.807) is 24.8 Å². The molecule has 1 aliphatic heterocycles. The minimum Gasteiger partial charge on any atom is -0.322 e. The van der Waals surface area contributed by atoms with Crippen molar-refractivity contribution in [3.8, 4) is 0 Å². The van der Waals surface area contributed by atoms with E-state index in [9.17, 15) is 12.8 Å². The van der Waals surface area contributed by atoms with Crippen molar-refractivity contribution in [1.82, 2.24) is 24.2 Å². The molecular weight excluding hydrogens is 383 g/mol. The van der Waals surface area contributed by atoms with Crippen LogP contribution < -0.4 is 5.32 Å². The van der Waals surface area contributed by atoms with Crippen LogP contribution in [0.1, 0.15) is 24.6 Å². The number of sulfonamides is 1. The first-order valence-electron chi connectivity index (χ1n) is 8.66. The lowest BCUT2D eigenvalue weighted by molar-refractivity contribution is 0.390. The number of hydrogen-bond donors (Lipinski definition) is 1. The summed E-state index contributed by atoms with van der Waals surface area (Å²) < 4.78 is 40.6. The van der Waals surface area contributed by atoms with Crippen LogP contribution in [0.15, 0.2) is 60.1 Å². The van der Waals surface area contributed by atoms with Crippen molar-refractivity contribution in [1.29, 1.82) is 0 Å². The van der Waals surface area contributed by atoms with Crippen molar-refractivity contribution in [3.63, 3.8) is 0 Å². The number of benzene rings is 1. The second-order valence-electron chi connectivity index (χ2n) is 6.27. The van der Waals surface area contributed by atoms with Crippen LogP contribution >= 0.6 is 0 Å². The Labute approximate surface area is 161 Å². The summed E-state index contributed by atoms with van der Waals surface area (Å²) in [6, 6.07) is 4.40. The molecule has 28 heavy (non-hydrogen) atoms. The fraction of sp³-hybridized carbons (Fsp3) is 0.222. The summed E-state index contributed by atoms with van der Waals surface area (Å²) in [6.07, 6.45) is 9.09. The molecule has 3 heterocycles. The first-order chi connectivity index (χ1) is 13.5. The lowest BCUT2D eigenvalue weighted by atomic mass is 10.2. The molecule has 1 aliphatic rings. The van der Waals surface area contributed by atoms with Gasteiger partial charge in [0, 0.05) is 18.9 Å². The summed E-state index contributed by atoms with van der Waals surface area (Å²) >= 11 is 0. The highest BCUT2D eigenvalue weighted by Crippen LogP contribution is 2.35. The summed E-state index contributed by atoms with van der Waals surface area (Å²) in [5.41, 5.74) is 0.539. The van der Waals surface area contributed by atoms with E-state index in [4.69, 9.17) is 0 Å². The molecule has 0 unspecified atom stereocenters. The Morgan fingerprint density at radius 1 is 1.04 bits per heavy atom. The van der Waals surface area contributed by atoms with Crippen LogP contribution in [0, 0.1) is 5.82 Å². The van der Waals surface area contributed by atoms with Crippen LogP contribution in [-0.2, 0) is 10.0 Å². The van der Waals surface area contributed by atoms with Gasteiger partial charge < -0.3 is 5.32 Å². The van der Waals surface area contributed by atoms with E-state index in [0.29, 0.717) is 36.7 Å². The molecule has 2 aromatic heterocycles. The molecule has 1 aromatic carbocycles. The summed E-state index contributed by atoms with van der Waals surface area (Å²) in [5, 5.41) is 3.00. The van der Waals surface area contributed by atoms with Crippen LogP contribution in [0.2, 0.25) is 0 Å². The van der Waals surface area contributed by atoms with Crippen LogP contribution in [0.5, 0.6) is 0 Å². The Morgan fingerprint density at radius 2 is 1.82 bits per heavy atom. The molecule has 3 aromatic rings. The summed E-state index contributed by atoms with van der Waals surface area (Å²) in [4.78, 5) is 16.9. The Hall–Kier alpha value is -2.98. The smallest absolute Gasteiger partial charge is 0.243 e. The lowest BCUT2D eigenvalue weighted by Gasteiger charge is -2.23.